The summed E-state index contributed by atoms with van der Waals surface area (Å²) in [5.74, 6) is 0.542. The van der Waals surface area contributed by atoms with Crippen LogP contribution in [0.1, 0.15) is 11.4 Å². The number of nitrogens with one attached hydrogen (secondary N) is 1. The molecule has 6 heteroatoms. The molecule has 0 spiro atoms. The maximum absolute atomic E-state index is 11.6. The molecule has 0 saturated carbocycles. The van der Waals surface area contributed by atoms with Crippen LogP contribution in [0.2, 0.25) is 0 Å². The summed E-state index contributed by atoms with van der Waals surface area (Å²) in [6.45, 7) is 0.766. The SMILES string of the molecule is Nc1ccccc1OCCC(=O)NCc1nccs1. The molecule has 0 saturated heterocycles. The Morgan fingerprint density at radius 3 is 3.00 bits per heavy atom. The van der Waals surface area contributed by atoms with E-state index in [9.17, 15) is 4.79 Å². The fourth-order valence-corrected chi connectivity index (χ4v) is 2.02. The minimum absolute atomic E-state index is 0.0651. The highest BCUT2D eigenvalue weighted by Crippen LogP contribution is 2.19. The Kier molecular flexibility index (Phi) is 4.74. The van der Waals surface area contributed by atoms with Gasteiger partial charge in [0.15, 0.2) is 0 Å². The van der Waals surface area contributed by atoms with E-state index in [0.29, 0.717) is 31.0 Å². The molecule has 3 N–H and O–H groups in total. The van der Waals surface area contributed by atoms with Gasteiger partial charge in [-0.3, -0.25) is 4.79 Å². The van der Waals surface area contributed by atoms with Gasteiger partial charge in [-0.15, -0.1) is 11.3 Å². The van der Waals surface area contributed by atoms with Gasteiger partial charge in [0, 0.05) is 11.6 Å². The number of thiazole rings is 1. The van der Waals surface area contributed by atoms with Crippen molar-refractivity contribution in [1.29, 1.82) is 0 Å². The van der Waals surface area contributed by atoms with Crippen LogP contribution in [0.4, 0.5) is 5.69 Å². The first-order valence-corrected chi connectivity index (χ1v) is 6.76. The number of rotatable bonds is 6. The Labute approximate surface area is 115 Å². The van der Waals surface area contributed by atoms with Crippen molar-refractivity contribution in [2.24, 2.45) is 0 Å². The lowest BCUT2D eigenvalue weighted by Gasteiger charge is -2.08. The maximum Gasteiger partial charge on any atom is 0.223 e. The molecule has 100 valence electrons. The number of nitrogens with two attached hydrogens (primary N) is 1. The Balaban J connectivity index is 1.68. The summed E-state index contributed by atoms with van der Waals surface area (Å²) in [7, 11) is 0. The number of carbonyl (C=O) groups excluding carboxylic acids is 1. The highest BCUT2D eigenvalue weighted by Gasteiger charge is 2.04. The van der Waals surface area contributed by atoms with E-state index in [-0.39, 0.29) is 5.91 Å². The van der Waals surface area contributed by atoms with Crippen molar-refractivity contribution in [2.45, 2.75) is 13.0 Å². The van der Waals surface area contributed by atoms with Crippen LogP contribution in [0, 0.1) is 0 Å². The molecule has 19 heavy (non-hydrogen) atoms. The zero-order valence-electron chi connectivity index (χ0n) is 10.3. The van der Waals surface area contributed by atoms with E-state index >= 15 is 0 Å². The summed E-state index contributed by atoms with van der Waals surface area (Å²) >= 11 is 1.51. The maximum atomic E-state index is 11.6. The van der Waals surface area contributed by atoms with Crippen LogP contribution in [-0.4, -0.2) is 17.5 Å². The third kappa shape index (κ3) is 4.26. The molecule has 1 aromatic heterocycles. The van der Waals surface area contributed by atoms with Gasteiger partial charge in [-0.25, -0.2) is 4.98 Å². The van der Waals surface area contributed by atoms with Crippen LogP contribution >= 0.6 is 11.3 Å². The van der Waals surface area contributed by atoms with E-state index in [4.69, 9.17) is 10.5 Å². The summed E-state index contributed by atoms with van der Waals surface area (Å²) in [5.41, 5.74) is 6.30. The molecular weight excluding hydrogens is 262 g/mol. The van der Waals surface area contributed by atoms with E-state index in [1.165, 1.54) is 11.3 Å². The average molecular weight is 277 g/mol. The summed E-state index contributed by atoms with van der Waals surface area (Å²) in [6.07, 6.45) is 2.01. The third-order valence-corrected chi connectivity index (χ3v) is 3.21. The Morgan fingerprint density at radius 2 is 2.26 bits per heavy atom. The lowest BCUT2D eigenvalue weighted by molar-refractivity contribution is -0.121. The van der Waals surface area contributed by atoms with Gasteiger partial charge in [-0.05, 0) is 12.1 Å². The van der Waals surface area contributed by atoms with Crippen molar-refractivity contribution in [2.75, 3.05) is 12.3 Å². The van der Waals surface area contributed by atoms with Crippen molar-refractivity contribution in [3.63, 3.8) is 0 Å². The van der Waals surface area contributed by atoms with Gasteiger partial charge < -0.3 is 15.8 Å². The van der Waals surface area contributed by atoms with Crippen molar-refractivity contribution in [3.8, 4) is 5.75 Å². The molecule has 0 atom stereocenters. The number of hydrogen-bond donors (Lipinski definition) is 2. The molecular formula is C13H15N3O2S. The number of nitrogens with zero attached hydrogens (tertiary/aromatic N) is 1. The fourth-order valence-electron chi connectivity index (χ4n) is 1.47. The van der Waals surface area contributed by atoms with E-state index in [0.717, 1.165) is 5.01 Å². The number of amides is 1. The average Bonchev–Trinajstić information content (AvgIpc) is 2.92. The number of ether oxygens (including phenoxy) is 1. The van der Waals surface area contributed by atoms with Crippen molar-refractivity contribution < 1.29 is 9.53 Å². The van der Waals surface area contributed by atoms with Crippen LogP contribution in [-0.2, 0) is 11.3 Å². The molecule has 0 aliphatic heterocycles. The first kappa shape index (κ1) is 13.4. The Bertz CT molecular complexity index is 528. The molecule has 5 nitrogen and oxygen atoms in total. The van der Waals surface area contributed by atoms with Crippen LogP contribution < -0.4 is 15.8 Å². The highest BCUT2D eigenvalue weighted by molar-refractivity contribution is 7.09. The van der Waals surface area contributed by atoms with Crippen molar-refractivity contribution in [3.05, 3.63) is 40.8 Å². The Hall–Kier alpha value is -2.08. The second kappa shape index (κ2) is 6.75. The minimum atomic E-state index is -0.0651. The predicted molar refractivity (Wildman–Crippen MR) is 74.9 cm³/mol. The molecule has 0 aliphatic carbocycles. The molecule has 1 heterocycles. The van der Waals surface area contributed by atoms with Crippen LogP contribution in [0.5, 0.6) is 5.75 Å². The summed E-state index contributed by atoms with van der Waals surface area (Å²) < 4.78 is 5.45. The zero-order valence-corrected chi connectivity index (χ0v) is 11.2. The lowest BCUT2D eigenvalue weighted by Crippen LogP contribution is -2.24. The number of para-hydroxylation sites is 2. The summed E-state index contributed by atoms with van der Waals surface area (Å²) in [4.78, 5) is 15.7. The zero-order chi connectivity index (χ0) is 13.5. The normalized spacial score (nSPS) is 10.1. The fraction of sp³-hybridized carbons (Fsp3) is 0.231. The lowest BCUT2D eigenvalue weighted by atomic mass is 10.3. The van der Waals surface area contributed by atoms with E-state index in [1.54, 1.807) is 18.3 Å². The molecule has 2 rings (SSSR count). The molecule has 0 fully saturated rings. The first-order chi connectivity index (χ1) is 9.25. The largest absolute Gasteiger partial charge is 0.491 e. The Morgan fingerprint density at radius 1 is 1.42 bits per heavy atom. The van der Waals surface area contributed by atoms with Gasteiger partial charge in [-0.1, -0.05) is 12.1 Å². The monoisotopic (exact) mass is 277 g/mol. The summed E-state index contributed by atoms with van der Waals surface area (Å²) in [6, 6.07) is 7.22. The standard InChI is InChI=1S/C13H15N3O2S/c14-10-3-1-2-4-11(10)18-7-5-12(17)16-9-13-15-6-8-19-13/h1-4,6,8H,5,7,9,14H2,(H,16,17). The second-order valence-corrected chi connectivity index (χ2v) is 4.82. The predicted octanol–water partition coefficient (Wildman–Crippen LogP) is 1.81. The van der Waals surface area contributed by atoms with E-state index in [2.05, 4.69) is 10.3 Å². The molecule has 0 unspecified atom stereocenters. The van der Waals surface area contributed by atoms with Crippen molar-refractivity contribution in [1.82, 2.24) is 10.3 Å². The van der Waals surface area contributed by atoms with Gasteiger partial charge in [0.2, 0.25) is 5.91 Å². The van der Waals surface area contributed by atoms with E-state index < -0.39 is 0 Å². The van der Waals surface area contributed by atoms with Gasteiger partial charge in [0.05, 0.1) is 25.3 Å². The molecule has 1 aromatic carbocycles. The summed E-state index contributed by atoms with van der Waals surface area (Å²) in [5, 5.41) is 5.55. The molecule has 2 aromatic rings. The van der Waals surface area contributed by atoms with Gasteiger partial charge >= 0.3 is 0 Å². The number of aromatic nitrogens is 1. The highest BCUT2D eigenvalue weighted by atomic mass is 32.1. The molecule has 0 aliphatic rings. The smallest absolute Gasteiger partial charge is 0.223 e. The number of nitrogen functional groups attached to an aromatic ring is 1. The van der Waals surface area contributed by atoms with E-state index in [1.807, 2.05) is 17.5 Å². The molecule has 1 amide bonds. The topological polar surface area (TPSA) is 77.2 Å². The van der Waals surface area contributed by atoms with Crippen LogP contribution in [0.15, 0.2) is 35.8 Å². The molecule has 0 radical (unpaired) electrons. The van der Waals surface area contributed by atoms with Gasteiger partial charge in [0.1, 0.15) is 10.8 Å². The number of carbonyl (C=O) groups is 1. The van der Waals surface area contributed by atoms with Crippen molar-refractivity contribution >= 4 is 22.9 Å². The molecule has 0 bridgehead atoms. The van der Waals surface area contributed by atoms with Gasteiger partial charge in [0.25, 0.3) is 0 Å². The van der Waals surface area contributed by atoms with Gasteiger partial charge in [-0.2, -0.15) is 0 Å². The number of benzene rings is 1. The van der Waals surface area contributed by atoms with Crippen LogP contribution in [0.3, 0.4) is 0 Å². The third-order valence-electron chi connectivity index (χ3n) is 2.43. The van der Waals surface area contributed by atoms with Crippen LogP contribution in [0.25, 0.3) is 0 Å². The first-order valence-electron chi connectivity index (χ1n) is 5.88. The second-order valence-electron chi connectivity index (χ2n) is 3.84. The number of anilines is 1. The number of hydrogen-bond acceptors (Lipinski definition) is 5. The quantitative estimate of drug-likeness (QED) is 0.789. The minimum Gasteiger partial charge on any atom is -0.491 e.